The summed E-state index contributed by atoms with van der Waals surface area (Å²) in [5, 5.41) is 2.81. The van der Waals surface area contributed by atoms with Crippen LogP contribution in [0.25, 0.3) is 0 Å². The van der Waals surface area contributed by atoms with E-state index in [0.29, 0.717) is 24.6 Å². The largest absolute Gasteiger partial charge is 0.378 e. The molecule has 166 valence electrons. The van der Waals surface area contributed by atoms with Gasteiger partial charge in [0, 0.05) is 24.5 Å². The lowest BCUT2D eigenvalue weighted by atomic mass is 10.2. The fourth-order valence-corrected chi connectivity index (χ4v) is 4.98. The molecule has 0 aliphatic carbocycles. The summed E-state index contributed by atoms with van der Waals surface area (Å²) in [6, 6.07) is 24.3. The van der Waals surface area contributed by atoms with Crippen LogP contribution >= 0.6 is 0 Å². The molecule has 0 radical (unpaired) electrons. The molecule has 3 aromatic rings. The Morgan fingerprint density at radius 1 is 0.875 bits per heavy atom. The molecule has 1 fully saturated rings. The zero-order valence-corrected chi connectivity index (χ0v) is 18.4. The standard InChI is InChI=1S/C24H25N3O4S/c28-24(25-20-11-13-21(14-12-20)26-15-17-31-18-16-26)19-27(22-7-3-1-4-8-22)32(29,30)23-9-5-2-6-10-23/h1-14H,15-19H2,(H,25,28). The Balaban J connectivity index is 1.50. The number of carbonyl (C=O) groups excluding carboxylic acids is 1. The lowest BCUT2D eigenvalue weighted by Crippen LogP contribution is -2.38. The van der Waals surface area contributed by atoms with Crippen molar-refractivity contribution in [3.63, 3.8) is 0 Å². The van der Waals surface area contributed by atoms with Crippen LogP contribution in [0.15, 0.2) is 89.8 Å². The number of amides is 1. The topological polar surface area (TPSA) is 79.0 Å². The quantitative estimate of drug-likeness (QED) is 0.596. The maximum Gasteiger partial charge on any atom is 0.264 e. The number of hydrogen-bond acceptors (Lipinski definition) is 5. The van der Waals surface area contributed by atoms with Crippen molar-refractivity contribution in [3.05, 3.63) is 84.9 Å². The third kappa shape index (κ3) is 5.09. The van der Waals surface area contributed by atoms with Gasteiger partial charge in [-0.15, -0.1) is 0 Å². The summed E-state index contributed by atoms with van der Waals surface area (Å²) in [5.41, 5.74) is 2.09. The molecule has 1 N–H and O–H groups in total. The van der Waals surface area contributed by atoms with Gasteiger partial charge in [-0.05, 0) is 48.5 Å². The maximum atomic E-state index is 13.3. The second-order valence-electron chi connectivity index (χ2n) is 7.35. The Bertz CT molecular complexity index is 1130. The number of sulfonamides is 1. The average molecular weight is 452 g/mol. The second kappa shape index (κ2) is 9.84. The molecule has 3 aromatic carbocycles. The van der Waals surface area contributed by atoms with Crippen molar-refractivity contribution >= 4 is 33.0 Å². The minimum Gasteiger partial charge on any atom is -0.378 e. The molecule has 0 spiro atoms. The first-order valence-electron chi connectivity index (χ1n) is 10.4. The van der Waals surface area contributed by atoms with Crippen LogP contribution in [-0.2, 0) is 19.6 Å². The fraction of sp³-hybridized carbons (Fsp3) is 0.208. The number of para-hydroxylation sites is 1. The van der Waals surface area contributed by atoms with Crippen molar-refractivity contribution in [1.29, 1.82) is 0 Å². The molecule has 1 aliphatic heterocycles. The summed E-state index contributed by atoms with van der Waals surface area (Å²) >= 11 is 0. The molecule has 1 aliphatic rings. The molecule has 32 heavy (non-hydrogen) atoms. The molecule has 1 heterocycles. The third-order valence-corrected chi connectivity index (χ3v) is 6.98. The summed E-state index contributed by atoms with van der Waals surface area (Å²) in [4.78, 5) is 15.2. The number of hydrogen-bond donors (Lipinski definition) is 1. The van der Waals surface area contributed by atoms with Gasteiger partial charge in [0.25, 0.3) is 10.0 Å². The lowest BCUT2D eigenvalue weighted by Gasteiger charge is -2.29. The zero-order chi connectivity index (χ0) is 22.4. The normalized spacial score (nSPS) is 14.1. The number of ether oxygens (including phenoxy) is 1. The zero-order valence-electron chi connectivity index (χ0n) is 17.6. The minimum absolute atomic E-state index is 0.131. The van der Waals surface area contributed by atoms with E-state index in [1.165, 1.54) is 12.1 Å². The Morgan fingerprint density at radius 2 is 1.47 bits per heavy atom. The van der Waals surface area contributed by atoms with E-state index in [2.05, 4.69) is 10.2 Å². The minimum atomic E-state index is -3.91. The molecule has 7 nitrogen and oxygen atoms in total. The van der Waals surface area contributed by atoms with Gasteiger partial charge in [0.2, 0.25) is 5.91 Å². The highest BCUT2D eigenvalue weighted by Crippen LogP contribution is 2.24. The van der Waals surface area contributed by atoms with Crippen molar-refractivity contribution < 1.29 is 17.9 Å². The van der Waals surface area contributed by atoms with Gasteiger partial charge < -0.3 is 15.0 Å². The van der Waals surface area contributed by atoms with Crippen LogP contribution in [0.2, 0.25) is 0 Å². The monoisotopic (exact) mass is 451 g/mol. The van der Waals surface area contributed by atoms with Crippen LogP contribution in [-0.4, -0.2) is 47.2 Å². The second-order valence-corrected chi connectivity index (χ2v) is 9.22. The van der Waals surface area contributed by atoms with Gasteiger partial charge in [-0.3, -0.25) is 9.10 Å². The highest BCUT2D eigenvalue weighted by atomic mass is 32.2. The molecule has 1 saturated heterocycles. The molecule has 8 heteroatoms. The first-order chi connectivity index (χ1) is 15.5. The van der Waals surface area contributed by atoms with Gasteiger partial charge >= 0.3 is 0 Å². The number of benzene rings is 3. The first-order valence-corrected chi connectivity index (χ1v) is 11.8. The summed E-state index contributed by atoms with van der Waals surface area (Å²) in [6.45, 7) is 2.71. The summed E-state index contributed by atoms with van der Waals surface area (Å²) in [5.74, 6) is -0.424. The highest BCUT2D eigenvalue weighted by Gasteiger charge is 2.27. The Kier molecular flexibility index (Phi) is 6.72. The molecule has 0 saturated carbocycles. The highest BCUT2D eigenvalue weighted by molar-refractivity contribution is 7.92. The lowest BCUT2D eigenvalue weighted by molar-refractivity contribution is -0.114. The van der Waals surface area contributed by atoms with E-state index < -0.39 is 15.9 Å². The number of nitrogens with zero attached hydrogens (tertiary/aromatic N) is 2. The number of anilines is 3. The van der Waals surface area contributed by atoms with Crippen LogP contribution in [0.3, 0.4) is 0 Å². The number of nitrogens with one attached hydrogen (secondary N) is 1. The van der Waals surface area contributed by atoms with Crippen molar-refractivity contribution in [2.45, 2.75) is 4.90 Å². The maximum absolute atomic E-state index is 13.3. The summed E-state index contributed by atoms with van der Waals surface area (Å²) in [6.07, 6.45) is 0. The van der Waals surface area contributed by atoms with Crippen molar-refractivity contribution in [1.82, 2.24) is 0 Å². The molecular weight excluding hydrogens is 426 g/mol. The van der Waals surface area contributed by atoms with E-state index in [1.807, 2.05) is 24.3 Å². The predicted molar refractivity (Wildman–Crippen MR) is 126 cm³/mol. The molecule has 0 unspecified atom stereocenters. The van der Waals surface area contributed by atoms with E-state index in [4.69, 9.17) is 4.74 Å². The Hall–Kier alpha value is -3.36. The van der Waals surface area contributed by atoms with E-state index in [-0.39, 0.29) is 11.4 Å². The number of morpholine rings is 1. The van der Waals surface area contributed by atoms with Crippen LogP contribution in [0.5, 0.6) is 0 Å². The van der Waals surface area contributed by atoms with Crippen molar-refractivity contribution in [3.8, 4) is 0 Å². The van der Waals surface area contributed by atoms with Crippen molar-refractivity contribution in [2.24, 2.45) is 0 Å². The predicted octanol–water partition coefficient (Wildman–Crippen LogP) is 3.36. The molecule has 0 atom stereocenters. The van der Waals surface area contributed by atoms with Crippen LogP contribution < -0.4 is 14.5 Å². The summed E-state index contributed by atoms with van der Waals surface area (Å²) in [7, 11) is -3.91. The molecule has 0 bridgehead atoms. The number of carbonyl (C=O) groups is 1. The first kappa shape index (κ1) is 21.9. The molecule has 4 rings (SSSR count). The van der Waals surface area contributed by atoms with Crippen LogP contribution in [0.4, 0.5) is 17.1 Å². The third-order valence-electron chi connectivity index (χ3n) is 5.19. The van der Waals surface area contributed by atoms with E-state index >= 15 is 0 Å². The van der Waals surface area contributed by atoms with Gasteiger partial charge in [-0.1, -0.05) is 36.4 Å². The van der Waals surface area contributed by atoms with Gasteiger partial charge in [-0.2, -0.15) is 0 Å². The van der Waals surface area contributed by atoms with Crippen molar-refractivity contribution in [2.75, 3.05) is 47.4 Å². The fourth-order valence-electron chi connectivity index (χ4n) is 3.54. The van der Waals surface area contributed by atoms with Crippen LogP contribution in [0, 0.1) is 0 Å². The average Bonchev–Trinajstić information content (AvgIpc) is 2.84. The van der Waals surface area contributed by atoms with E-state index in [1.54, 1.807) is 48.5 Å². The van der Waals surface area contributed by atoms with E-state index in [0.717, 1.165) is 23.1 Å². The smallest absolute Gasteiger partial charge is 0.264 e. The Morgan fingerprint density at radius 3 is 2.09 bits per heavy atom. The van der Waals surface area contributed by atoms with Gasteiger partial charge in [0.15, 0.2) is 0 Å². The number of rotatable bonds is 7. The van der Waals surface area contributed by atoms with Gasteiger partial charge in [0.1, 0.15) is 6.54 Å². The Labute approximate surface area is 188 Å². The van der Waals surface area contributed by atoms with E-state index in [9.17, 15) is 13.2 Å². The summed E-state index contributed by atoms with van der Waals surface area (Å²) < 4.78 is 33.0. The molecule has 1 amide bonds. The van der Waals surface area contributed by atoms with Gasteiger partial charge in [0.05, 0.1) is 23.8 Å². The van der Waals surface area contributed by atoms with Crippen LogP contribution in [0.1, 0.15) is 0 Å². The molecular formula is C24H25N3O4S. The molecule has 0 aromatic heterocycles. The SMILES string of the molecule is O=C(CN(c1ccccc1)S(=O)(=O)c1ccccc1)Nc1ccc(N2CCOCC2)cc1. The van der Waals surface area contributed by atoms with Gasteiger partial charge in [-0.25, -0.2) is 8.42 Å².